The van der Waals surface area contributed by atoms with Gasteiger partial charge < -0.3 is 15.0 Å². The third kappa shape index (κ3) is 5.26. The molecular weight excluding hydrogens is 396 g/mol. The lowest BCUT2D eigenvalue weighted by molar-refractivity contribution is 0.0730. The van der Waals surface area contributed by atoms with Crippen molar-refractivity contribution in [1.82, 2.24) is 14.2 Å². The fraction of sp³-hybridized carbons (Fsp3) is 0.368. The Kier molecular flexibility index (Phi) is 6.95. The van der Waals surface area contributed by atoms with Gasteiger partial charge in [-0.15, -0.1) is 0 Å². The monoisotopic (exact) mass is 420 g/mol. The van der Waals surface area contributed by atoms with Crippen molar-refractivity contribution >= 4 is 33.0 Å². The number of rotatable bonds is 6. The highest BCUT2D eigenvalue weighted by Gasteiger charge is 2.26. The van der Waals surface area contributed by atoms with Crippen LogP contribution in [0.1, 0.15) is 5.69 Å². The van der Waals surface area contributed by atoms with Gasteiger partial charge in [0.05, 0.1) is 18.1 Å². The van der Waals surface area contributed by atoms with Crippen LogP contribution in [0.5, 0.6) is 0 Å². The van der Waals surface area contributed by atoms with Gasteiger partial charge in [0.2, 0.25) is 10.0 Å². The van der Waals surface area contributed by atoms with Crippen LogP contribution in [-0.4, -0.2) is 67.6 Å². The molecule has 3 rings (SSSR count). The van der Waals surface area contributed by atoms with Crippen molar-refractivity contribution in [3.63, 3.8) is 0 Å². The Hall–Kier alpha value is -2.07. The molecule has 2 heterocycles. The zero-order valence-corrected chi connectivity index (χ0v) is 17.4. The lowest BCUT2D eigenvalue weighted by atomic mass is 10.2. The minimum atomic E-state index is -3.49. The van der Waals surface area contributed by atoms with Crippen LogP contribution in [0.15, 0.2) is 53.6 Å². The Balaban J connectivity index is 1.56. The molecule has 1 fully saturated rings. The lowest BCUT2D eigenvalue weighted by Gasteiger charge is -2.26. The third-order valence-corrected chi connectivity index (χ3v) is 6.82. The molecule has 1 N–H and O–H groups in total. The van der Waals surface area contributed by atoms with Crippen LogP contribution in [0.2, 0.25) is 0 Å². The maximum absolute atomic E-state index is 12.7. The quantitative estimate of drug-likeness (QED) is 0.716. The molecule has 28 heavy (non-hydrogen) atoms. The molecule has 1 aromatic carbocycles. The highest BCUT2D eigenvalue weighted by atomic mass is 32.2. The Labute approximate surface area is 171 Å². The summed E-state index contributed by atoms with van der Waals surface area (Å²) in [5.74, 6) is 0. The van der Waals surface area contributed by atoms with Crippen LogP contribution in [0.3, 0.4) is 0 Å². The average molecular weight is 421 g/mol. The predicted molar refractivity (Wildman–Crippen MR) is 113 cm³/mol. The summed E-state index contributed by atoms with van der Waals surface area (Å²) in [4.78, 5) is 6.51. The van der Waals surface area contributed by atoms with E-state index in [0.29, 0.717) is 31.4 Å². The highest BCUT2D eigenvalue weighted by molar-refractivity contribution is 7.89. The molecule has 1 aliphatic heterocycles. The summed E-state index contributed by atoms with van der Waals surface area (Å²) in [6.07, 6.45) is 2.56. The molecule has 150 valence electrons. The first kappa shape index (κ1) is 20.7. The van der Waals surface area contributed by atoms with E-state index < -0.39 is 10.0 Å². The van der Waals surface area contributed by atoms with Gasteiger partial charge in [0, 0.05) is 50.7 Å². The molecule has 7 nitrogen and oxygen atoms in total. The molecule has 1 saturated heterocycles. The minimum Gasteiger partial charge on any atom is -0.379 e. The number of benzene rings is 1. The Bertz CT molecular complexity index is 883. The van der Waals surface area contributed by atoms with Crippen molar-refractivity contribution < 1.29 is 13.2 Å². The van der Waals surface area contributed by atoms with Crippen LogP contribution < -0.4 is 5.32 Å². The third-order valence-electron chi connectivity index (χ3n) is 4.49. The molecule has 0 spiro atoms. The number of hydrogen-bond acceptors (Lipinski definition) is 5. The molecule has 1 aliphatic rings. The fourth-order valence-corrected chi connectivity index (χ4v) is 4.41. The summed E-state index contributed by atoms with van der Waals surface area (Å²) in [5, 5.41) is 3.71. The number of anilines is 1. The molecule has 0 bridgehead atoms. The number of ether oxygens (including phenoxy) is 1. The molecular formula is C19H24N4O3S2. The van der Waals surface area contributed by atoms with E-state index >= 15 is 0 Å². The molecule has 9 heteroatoms. The van der Waals surface area contributed by atoms with Gasteiger partial charge in [-0.25, -0.2) is 8.42 Å². The van der Waals surface area contributed by atoms with Gasteiger partial charge in [0.1, 0.15) is 0 Å². The van der Waals surface area contributed by atoms with Gasteiger partial charge in [-0.05, 0) is 48.6 Å². The summed E-state index contributed by atoms with van der Waals surface area (Å²) in [6, 6.07) is 12.5. The molecule has 0 aliphatic carbocycles. The maximum Gasteiger partial charge on any atom is 0.243 e. The van der Waals surface area contributed by atoms with Gasteiger partial charge in [0.15, 0.2) is 5.11 Å². The van der Waals surface area contributed by atoms with E-state index in [1.165, 1.54) is 4.31 Å². The molecule has 0 amide bonds. The number of pyridine rings is 1. The smallest absolute Gasteiger partial charge is 0.243 e. The average Bonchev–Trinajstić information content (AvgIpc) is 2.73. The summed E-state index contributed by atoms with van der Waals surface area (Å²) in [7, 11) is -1.58. The van der Waals surface area contributed by atoms with Gasteiger partial charge >= 0.3 is 0 Å². The SMILES string of the molecule is CN(CCc1ccccn1)C(=S)Nc1ccc(S(=O)(=O)N2CCOCC2)cc1. The van der Waals surface area contributed by atoms with Crippen LogP contribution in [0.4, 0.5) is 5.69 Å². The second-order valence-corrected chi connectivity index (χ2v) is 8.79. The highest BCUT2D eigenvalue weighted by Crippen LogP contribution is 2.19. The van der Waals surface area contributed by atoms with Crippen LogP contribution in [0, 0.1) is 0 Å². The van der Waals surface area contributed by atoms with Gasteiger partial charge in [-0.2, -0.15) is 4.31 Å². The number of sulfonamides is 1. The first-order valence-electron chi connectivity index (χ1n) is 9.07. The summed E-state index contributed by atoms with van der Waals surface area (Å²) in [6.45, 7) is 2.35. The molecule has 0 radical (unpaired) electrons. The second-order valence-electron chi connectivity index (χ2n) is 6.46. The number of thiocarbonyl (C=S) groups is 1. The number of likely N-dealkylation sites (N-methyl/N-ethyl adjacent to an activating group) is 1. The van der Waals surface area contributed by atoms with Crippen molar-refractivity contribution in [2.75, 3.05) is 45.2 Å². The molecule has 0 saturated carbocycles. The van der Waals surface area contributed by atoms with Gasteiger partial charge in [-0.1, -0.05) is 6.07 Å². The van der Waals surface area contributed by atoms with E-state index in [-0.39, 0.29) is 4.90 Å². The van der Waals surface area contributed by atoms with Gasteiger partial charge in [-0.3, -0.25) is 4.98 Å². The van der Waals surface area contributed by atoms with Crippen molar-refractivity contribution in [2.45, 2.75) is 11.3 Å². The lowest BCUT2D eigenvalue weighted by Crippen LogP contribution is -2.40. The first-order valence-corrected chi connectivity index (χ1v) is 10.9. The summed E-state index contributed by atoms with van der Waals surface area (Å²) >= 11 is 5.44. The second kappa shape index (κ2) is 9.42. The molecule has 2 aromatic rings. The first-order chi connectivity index (χ1) is 13.5. The van der Waals surface area contributed by atoms with E-state index in [4.69, 9.17) is 17.0 Å². The summed E-state index contributed by atoms with van der Waals surface area (Å²) < 4.78 is 32.0. The number of nitrogens with zero attached hydrogens (tertiary/aromatic N) is 3. The standard InChI is InChI=1S/C19H24N4O3S2/c1-22(11-9-16-4-2-3-10-20-16)19(27)21-17-5-7-18(8-6-17)28(24,25)23-12-14-26-15-13-23/h2-8,10H,9,11-15H2,1H3,(H,21,27). The van der Waals surface area contributed by atoms with E-state index in [0.717, 1.165) is 24.3 Å². The maximum atomic E-state index is 12.7. The fourth-order valence-electron chi connectivity index (χ4n) is 2.79. The number of nitrogens with one attached hydrogen (secondary N) is 1. The zero-order valence-electron chi connectivity index (χ0n) is 15.7. The molecule has 0 unspecified atom stereocenters. The van der Waals surface area contributed by atoms with Crippen molar-refractivity contribution in [2.24, 2.45) is 0 Å². The number of hydrogen-bond donors (Lipinski definition) is 1. The van der Waals surface area contributed by atoms with Crippen molar-refractivity contribution in [3.05, 3.63) is 54.4 Å². The topological polar surface area (TPSA) is 74.8 Å². The predicted octanol–water partition coefficient (Wildman–Crippen LogP) is 1.97. The molecule has 1 aromatic heterocycles. The number of aromatic nitrogens is 1. The number of morpholine rings is 1. The van der Waals surface area contributed by atoms with Crippen LogP contribution >= 0.6 is 12.2 Å². The molecule has 0 atom stereocenters. The van der Waals surface area contributed by atoms with Crippen LogP contribution in [0.25, 0.3) is 0 Å². The normalized spacial score (nSPS) is 15.2. The van der Waals surface area contributed by atoms with E-state index in [1.54, 1.807) is 30.5 Å². The van der Waals surface area contributed by atoms with Gasteiger partial charge in [0.25, 0.3) is 0 Å². The zero-order chi connectivity index (χ0) is 20.0. The van der Waals surface area contributed by atoms with Crippen molar-refractivity contribution in [1.29, 1.82) is 0 Å². The minimum absolute atomic E-state index is 0.273. The largest absolute Gasteiger partial charge is 0.379 e. The van der Waals surface area contributed by atoms with Crippen LogP contribution in [-0.2, 0) is 21.2 Å². The Morgan fingerprint density at radius 2 is 1.93 bits per heavy atom. The summed E-state index contributed by atoms with van der Waals surface area (Å²) in [5.41, 5.74) is 1.76. The van der Waals surface area contributed by atoms with Crippen molar-refractivity contribution in [3.8, 4) is 0 Å². The van der Waals surface area contributed by atoms with E-state index in [2.05, 4.69) is 10.3 Å². The Morgan fingerprint density at radius 3 is 2.57 bits per heavy atom. The Morgan fingerprint density at radius 1 is 1.21 bits per heavy atom. The van der Waals surface area contributed by atoms with E-state index in [1.807, 2.05) is 30.1 Å². The van der Waals surface area contributed by atoms with E-state index in [9.17, 15) is 8.42 Å².